The first-order valence-corrected chi connectivity index (χ1v) is 6.42. The molecule has 0 amide bonds. The van der Waals surface area contributed by atoms with E-state index in [1.165, 1.54) is 12.1 Å². The van der Waals surface area contributed by atoms with Gasteiger partial charge in [-0.2, -0.15) is 0 Å². The smallest absolute Gasteiger partial charge is 0.325 e. The van der Waals surface area contributed by atoms with Crippen LogP contribution in [0.1, 0.15) is 20.8 Å². The number of hydrogen-bond acceptors (Lipinski definition) is 3. The molecule has 1 aromatic carbocycles. The topological polar surface area (TPSA) is 52.6 Å². The Morgan fingerprint density at radius 3 is 2.63 bits per heavy atom. The van der Waals surface area contributed by atoms with Gasteiger partial charge in [-0.1, -0.05) is 13.0 Å². The monoisotopic (exact) mass is 268 g/mol. The Kier molecular flexibility index (Phi) is 5.30. The van der Waals surface area contributed by atoms with Crippen molar-refractivity contribution in [2.75, 3.05) is 24.5 Å². The van der Waals surface area contributed by atoms with Crippen molar-refractivity contribution in [1.82, 2.24) is 5.32 Å². The number of aliphatic carboxylic acids is 1. The van der Waals surface area contributed by atoms with Gasteiger partial charge in [-0.15, -0.1) is 0 Å². The molecule has 0 saturated heterocycles. The lowest BCUT2D eigenvalue weighted by atomic mass is 10.0. The second-order valence-corrected chi connectivity index (χ2v) is 4.66. The van der Waals surface area contributed by atoms with Gasteiger partial charge in [-0.3, -0.25) is 4.79 Å². The quantitative estimate of drug-likeness (QED) is 0.795. The first-order valence-electron chi connectivity index (χ1n) is 6.42. The number of likely N-dealkylation sites (N-methyl/N-ethyl adjacent to an activating group) is 2. The SMILES string of the molecule is CCNC(C)(CN(CC)c1cccc(F)c1)C(=O)O. The summed E-state index contributed by atoms with van der Waals surface area (Å²) in [5.41, 5.74) is -0.371. The van der Waals surface area contributed by atoms with Gasteiger partial charge in [0, 0.05) is 18.8 Å². The number of hydrogen-bond donors (Lipinski definition) is 2. The number of carboxylic acid groups (broad SMARTS) is 1. The van der Waals surface area contributed by atoms with Crippen molar-refractivity contribution in [1.29, 1.82) is 0 Å². The summed E-state index contributed by atoms with van der Waals surface area (Å²) in [6.45, 7) is 6.86. The summed E-state index contributed by atoms with van der Waals surface area (Å²) in [4.78, 5) is 13.2. The molecule has 2 N–H and O–H groups in total. The van der Waals surface area contributed by atoms with Crippen LogP contribution in [-0.4, -0.2) is 36.2 Å². The summed E-state index contributed by atoms with van der Waals surface area (Å²) in [7, 11) is 0. The number of benzene rings is 1. The fourth-order valence-corrected chi connectivity index (χ4v) is 2.03. The molecule has 1 rings (SSSR count). The third-order valence-corrected chi connectivity index (χ3v) is 3.10. The normalized spacial score (nSPS) is 13.9. The van der Waals surface area contributed by atoms with Crippen LogP contribution in [0.2, 0.25) is 0 Å². The Bertz CT molecular complexity index is 439. The average molecular weight is 268 g/mol. The maximum atomic E-state index is 13.2. The van der Waals surface area contributed by atoms with E-state index in [1.54, 1.807) is 19.1 Å². The Morgan fingerprint density at radius 1 is 1.47 bits per heavy atom. The molecule has 1 aromatic rings. The molecule has 19 heavy (non-hydrogen) atoms. The van der Waals surface area contributed by atoms with Crippen molar-refractivity contribution in [3.8, 4) is 0 Å². The minimum absolute atomic E-state index is 0.274. The van der Waals surface area contributed by atoms with Crippen LogP contribution in [0.25, 0.3) is 0 Å². The highest BCUT2D eigenvalue weighted by molar-refractivity contribution is 5.79. The molecule has 0 saturated carbocycles. The van der Waals surface area contributed by atoms with Gasteiger partial charge in [0.1, 0.15) is 11.4 Å². The molecular weight excluding hydrogens is 247 g/mol. The van der Waals surface area contributed by atoms with E-state index >= 15 is 0 Å². The number of carboxylic acids is 1. The van der Waals surface area contributed by atoms with Crippen molar-refractivity contribution < 1.29 is 14.3 Å². The lowest BCUT2D eigenvalue weighted by molar-refractivity contribution is -0.143. The Balaban J connectivity index is 2.95. The molecule has 0 radical (unpaired) electrons. The Morgan fingerprint density at radius 2 is 2.16 bits per heavy atom. The van der Waals surface area contributed by atoms with E-state index < -0.39 is 11.5 Å². The van der Waals surface area contributed by atoms with Crippen LogP contribution in [0.4, 0.5) is 10.1 Å². The van der Waals surface area contributed by atoms with E-state index in [1.807, 2.05) is 18.7 Å². The van der Waals surface area contributed by atoms with E-state index in [0.717, 1.165) is 0 Å². The Labute approximate surface area is 113 Å². The molecule has 0 bridgehead atoms. The van der Waals surface area contributed by atoms with Gasteiger partial charge in [-0.05, 0) is 38.6 Å². The number of nitrogens with one attached hydrogen (secondary N) is 1. The molecule has 0 aliphatic rings. The summed E-state index contributed by atoms with van der Waals surface area (Å²) >= 11 is 0. The van der Waals surface area contributed by atoms with Crippen LogP contribution in [0, 0.1) is 5.82 Å². The zero-order valence-electron chi connectivity index (χ0n) is 11.6. The third-order valence-electron chi connectivity index (χ3n) is 3.10. The van der Waals surface area contributed by atoms with Crippen molar-refractivity contribution in [3.05, 3.63) is 30.1 Å². The molecule has 5 heteroatoms. The third kappa shape index (κ3) is 3.92. The van der Waals surface area contributed by atoms with Crippen LogP contribution in [-0.2, 0) is 4.79 Å². The van der Waals surface area contributed by atoms with Crippen LogP contribution >= 0.6 is 0 Å². The molecule has 0 aromatic heterocycles. The predicted octanol–water partition coefficient (Wildman–Crippen LogP) is 2.10. The van der Waals surface area contributed by atoms with Gasteiger partial charge in [0.05, 0.1) is 0 Å². The van der Waals surface area contributed by atoms with E-state index in [4.69, 9.17) is 0 Å². The lowest BCUT2D eigenvalue weighted by Crippen LogP contribution is -2.57. The van der Waals surface area contributed by atoms with Gasteiger partial charge in [0.15, 0.2) is 0 Å². The van der Waals surface area contributed by atoms with E-state index in [2.05, 4.69) is 5.32 Å². The van der Waals surface area contributed by atoms with Crippen LogP contribution < -0.4 is 10.2 Å². The van der Waals surface area contributed by atoms with Crippen molar-refractivity contribution in [2.24, 2.45) is 0 Å². The van der Waals surface area contributed by atoms with Crippen LogP contribution in [0.5, 0.6) is 0 Å². The molecule has 0 aliphatic carbocycles. The minimum Gasteiger partial charge on any atom is -0.480 e. The maximum absolute atomic E-state index is 13.2. The standard InChI is InChI=1S/C14H21FN2O2/c1-4-16-14(3,13(18)19)10-17(5-2)12-8-6-7-11(15)9-12/h6-9,16H,4-5,10H2,1-3H3,(H,18,19). The number of carbonyl (C=O) groups is 1. The first kappa shape index (κ1) is 15.4. The van der Waals surface area contributed by atoms with Gasteiger partial charge >= 0.3 is 5.97 Å². The number of rotatable bonds is 7. The largest absolute Gasteiger partial charge is 0.480 e. The van der Waals surface area contributed by atoms with Gasteiger partial charge < -0.3 is 15.3 Å². The summed E-state index contributed by atoms with van der Waals surface area (Å²) in [5, 5.41) is 12.3. The summed E-state index contributed by atoms with van der Waals surface area (Å²) in [5.74, 6) is -1.24. The molecule has 0 spiro atoms. The molecule has 1 atom stereocenters. The molecule has 106 valence electrons. The zero-order chi connectivity index (χ0) is 14.5. The highest BCUT2D eigenvalue weighted by Gasteiger charge is 2.34. The molecular formula is C14H21FN2O2. The van der Waals surface area contributed by atoms with Crippen molar-refractivity contribution in [3.63, 3.8) is 0 Å². The fourth-order valence-electron chi connectivity index (χ4n) is 2.03. The van der Waals surface area contributed by atoms with E-state index in [9.17, 15) is 14.3 Å². The second-order valence-electron chi connectivity index (χ2n) is 4.66. The summed E-state index contributed by atoms with van der Waals surface area (Å²) in [6.07, 6.45) is 0. The first-order chi connectivity index (χ1) is 8.92. The minimum atomic E-state index is -1.06. The average Bonchev–Trinajstić information content (AvgIpc) is 2.36. The number of anilines is 1. The van der Waals surface area contributed by atoms with Crippen LogP contribution in [0.3, 0.4) is 0 Å². The maximum Gasteiger partial charge on any atom is 0.325 e. The zero-order valence-corrected chi connectivity index (χ0v) is 11.6. The molecule has 0 heterocycles. The molecule has 0 aliphatic heterocycles. The highest BCUT2D eigenvalue weighted by atomic mass is 19.1. The molecule has 1 unspecified atom stereocenters. The number of halogens is 1. The van der Waals surface area contributed by atoms with Crippen molar-refractivity contribution in [2.45, 2.75) is 26.3 Å². The van der Waals surface area contributed by atoms with Gasteiger partial charge in [0.25, 0.3) is 0 Å². The second kappa shape index (κ2) is 6.52. The lowest BCUT2D eigenvalue weighted by Gasteiger charge is -2.33. The van der Waals surface area contributed by atoms with E-state index in [-0.39, 0.29) is 12.4 Å². The Hall–Kier alpha value is -1.62. The highest BCUT2D eigenvalue weighted by Crippen LogP contribution is 2.18. The summed E-state index contributed by atoms with van der Waals surface area (Å²) < 4.78 is 13.2. The van der Waals surface area contributed by atoms with Gasteiger partial charge in [0.2, 0.25) is 0 Å². The fraction of sp³-hybridized carbons (Fsp3) is 0.500. The molecule has 4 nitrogen and oxygen atoms in total. The van der Waals surface area contributed by atoms with Gasteiger partial charge in [-0.25, -0.2) is 4.39 Å². The number of nitrogens with zero attached hydrogens (tertiary/aromatic N) is 1. The van der Waals surface area contributed by atoms with Crippen LogP contribution in [0.15, 0.2) is 24.3 Å². The van der Waals surface area contributed by atoms with Crippen molar-refractivity contribution >= 4 is 11.7 Å². The summed E-state index contributed by atoms with van der Waals surface area (Å²) in [6, 6.07) is 6.19. The predicted molar refractivity (Wildman–Crippen MR) is 74.0 cm³/mol. The van der Waals surface area contributed by atoms with E-state index in [0.29, 0.717) is 18.8 Å². The molecule has 0 fully saturated rings.